The molecule has 0 bridgehead atoms. The predicted molar refractivity (Wildman–Crippen MR) is 105 cm³/mol. The Bertz CT molecular complexity index is 926. The topological polar surface area (TPSA) is 77.4 Å². The number of thiazole rings is 1. The van der Waals surface area contributed by atoms with Crippen LogP contribution in [0.1, 0.15) is 32.8 Å². The van der Waals surface area contributed by atoms with Gasteiger partial charge in [0.05, 0.1) is 17.2 Å². The summed E-state index contributed by atoms with van der Waals surface area (Å²) in [5, 5.41) is 6.68. The summed E-state index contributed by atoms with van der Waals surface area (Å²) >= 11 is 2.70. The molecule has 0 radical (unpaired) electrons. The Morgan fingerprint density at radius 1 is 1.38 bits per heavy atom. The molecule has 0 saturated carbocycles. The van der Waals surface area contributed by atoms with E-state index >= 15 is 0 Å². The highest BCUT2D eigenvalue weighted by Crippen LogP contribution is 2.05. The van der Waals surface area contributed by atoms with Crippen LogP contribution in [0, 0.1) is 0 Å². The molecular formula is C18H22N2O4S2. The van der Waals surface area contributed by atoms with E-state index in [1.54, 1.807) is 13.0 Å². The number of rotatable bonds is 7. The van der Waals surface area contributed by atoms with Crippen molar-refractivity contribution in [2.45, 2.75) is 39.8 Å². The van der Waals surface area contributed by atoms with E-state index in [4.69, 9.17) is 4.74 Å². The zero-order valence-corrected chi connectivity index (χ0v) is 16.6. The second kappa shape index (κ2) is 9.49. The SMILES string of the molecule is CCOC(=O)/C=c1/s/c(=C/c2ccsc2)c(=O)n1CC(=O)NC(C)CC. The highest BCUT2D eigenvalue weighted by Gasteiger charge is 2.12. The number of nitrogens with one attached hydrogen (secondary N) is 1. The van der Waals surface area contributed by atoms with Crippen molar-refractivity contribution in [3.63, 3.8) is 0 Å². The first-order valence-corrected chi connectivity index (χ1v) is 10.1. The van der Waals surface area contributed by atoms with E-state index in [1.807, 2.05) is 30.7 Å². The van der Waals surface area contributed by atoms with E-state index in [0.29, 0.717) is 9.20 Å². The number of esters is 1. The third-order valence-corrected chi connectivity index (χ3v) is 5.39. The van der Waals surface area contributed by atoms with Gasteiger partial charge in [0.1, 0.15) is 11.2 Å². The molecule has 26 heavy (non-hydrogen) atoms. The predicted octanol–water partition coefficient (Wildman–Crippen LogP) is 1.06. The summed E-state index contributed by atoms with van der Waals surface area (Å²) in [6.45, 7) is 5.68. The first-order chi connectivity index (χ1) is 12.4. The van der Waals surface area contributed by atoms with E-state index in [0.717, 1.165) is 12.0 Å². The number of hydrogen-bond acceptors (Lipinski definition) is 6. The Kier molecular flexibility index (Phi) is 7.35. The van der Waals surface area contributed by atoms with Crippen molar-refractivity contribution in [1.29, 1.82) is 0 Å². The minimum Gasteiger partial charge on any atom is -0.463 e. The van der Waals surface area contributed by atoms with Gasteiger partial charge in [0, 0.05) is 6.04 Å². The number of carbonyl (C=O) groups excluding carboxylic acids is 2. The molecule has 1 N–H and O–H groups in total. The third-order valence-electron chi connectivity index (χ3n) is 3.63. The van der Waals surface area contributed by atoms with Crippen molar-refractivity contribution in [2.24, 2.45) is 0 Å². The number of hydrogen-bond donors (Lipinski definition) is 1. The van der Waals surface area contributed by atoms with Gasteiger partial charge in [-0.1, -0.05) is 6.92 Å². The molecule has 6 nitrogen and oxygen atoms in total. The molecule has 0 aliphatic heterocycles. The van der Waals surface area contributed by atoms with Gasteiger partial charge in [0.25, 0.3) is 5.56 Å². The van der Waals surface area contributed by atoms with Crippen molar-refractivity contribution in [1.82, 2.24) is 9.88 Å². The quantitative estimate of drug-likeness (QED) is 0.713. The monoisotopic (exact) mass is 394 g/mol. The van der Waals surface area contributed by atoms with Gasteiger partial charge >= 0.3 is 5.97 Å². The molecule has 1 unspecified atom stereocenters. The van der Waals surface area contributed by atoms with Gasteiger partial charge in [-0.15, -0.1) is 11.3 Å². The highest BCUT2D eigenvalue weighted by atomic mass is 32.1. The summed E-state index contributed by atoms with van der Waals surface area (Å²) in [7, 11) is 0. The molecule has 0 aromatic carbocycles. The van der Waals surface area contributed by atoms with Gasteiger partial charge < -0.3 is 10.1 Å². The molecule has 8 heteroatoms. The number of thiophene rings is 1. The second-order valence-electron chi connectivity index (χ2n) is 5.67. The molecule has 1 atom stereocenters. The molecule has 0 aliphatic rings. The average molecular weight is 395 g/mol. The molecular weight excluding hydrogens is 372 g/mol. The molecule has 0 saturated heterocycles. The van der Waals surface area contributed by atoms with Gasteiger partial charge in [-0.3, -0.25) is 14.2 Å². The average Bonchev–Trinajstić information content (AvgIpc) is 3.19. The fourth-order valence-corrected chi connectivity index (χ4v) is 3.80. The summed E-state index contributed by atoms with van der Waals surface area (Å²) in [6.07, 6.45) is 3.81. The maximum atomic E-state index is 12.7. The van der Waals surface area contributed by atoms with Crippen LogP contribution in [0.5, 0.6) is 0 Å². The summed E-state index contributed by atoms with van der Waals surface area (Å²) in [4.78, 5) is 36.8. The van der Waals surface area contributed by atoms with Gasteiger partial charge in [-0.2, -0.15) is 11.3 Å². The van der Waals surface area contributed by atoms with Gasteiger partial charge in [-0.05, 0) is 48.7 Å². The zero-order valence-electron chi connectivity index (χ0n) is 15.0. The van der Waals surface area contributed by atoms with Gasteiger partial charge in [-0.25, -0.2) is 4.79 Å². The minimum absolute atomic E-state index is 0.0196. The van der Waals surface area contributed by atoms with E-state index < -0.39 is 5.97 Å². The summed E-state index contributed by atoms with van der Waals surface area (Å²) in [5.74, 6) is -0.799. The molecule has 1 amide bonds. The van der Waals surface area contributed by atoms with E-state index in [-0.39, 0.29) is 30.7 Å². The van der Waals surface area contributed by atoms with E-state index in [9.17, 15) is 14.4 Å². The first kappa shape index (κ1) is 20.1. The second-order valence-corrected chi connectivity index (χ2v) is 7.51. The fraction of sp³-hybridized carbons (Fsp3) is 0.389. The maximum absolute atomic E-state index is 12.7. The first-order valence-electron chi connectivity index (χ1n) is 8.36. The highest BCUT2D eigenvalue weighted by molar-refractivity contribution is 7.08. The molecule has 0 aliphatic carbocycles. The largest absolute Gasteiger partial charge is 0.463 e. The van der Waals surface area contributed by atoms with Crippen LogP contribution in [0.25, 0.3) is 12.2 Å². The molecule has 2 aromatic rings. The standard InChI is InChI=1S/C18H22N2O4S2/c1-4-12(3)19-15(21)10-20-16(9-17(22)24-5-2)26-14(18(20)23)8-13-6-7-25-11-13/h6-9,11-12H,4-5,10H2,1-3H3,(H,19,21)/b14-8+,16-9+. The van der Waals surface area contributed by atoms with Gasteiger partial charge in [0.2, 0.25) is 5.91 Å². The van der Waals surface area contributed by atoms with Crippen LogP contribution in [0.3, 0.4) is 0 Å². The lowest BCUT2D eigenvalue weighted by atomic mass is 10.2. The zero-order chi connectivity index (χ0) is 19.1. The van der Waals surface area contributed by atoms with E-state index in [2.05, 4.69) is 5.32 Å². The van der Waals surface area contributed by atoms with Crippen LogP contribution in [0.4, 0.5) is 0 Å². The lowest BCUT2D eigenvalue weighted by Crippen LogP contribution is -2.41. The normalized spacial score (nSPS) is 13.7. The number of ether oxygens (including phenoxy) is 1. The van der Waals surface area contributed by atoms with Crippen molar-refractivity contribution in [3.8, 4) is 0 Å². The van der Waals surface area contributed by atoms with Crippen LogP contribution in [0.2, 0.25) is 0 Å². The fourth-order valence-electron chi connectivity index (χ4n) is 2.15. The molecule has 2 heterocycles. The van der Waals surface area contributed by atoms with Crippen LogP contribution in [0.15, 0.2) is 21.6 Å². The Hall–Kier alpha value is -2.19. The van der Waals surface area contributed by atoms with Gasteiger partial charge in [0.15, 0.2) is 0 Å². The number of aromatic nitrogens is 1. The number of nitrogens with zero attached hydrogens (tertiary/aromatic N) is 1. The Labute approximate surface area is 159 Å². The van der Waals surface area contributed by atoms with Crippen molar-refractivity contribution < 1.29 is 14.3 Å². The smallest absolute Gasteiger partial charge is 0.333 e. The minimum atomic E-state index is -0.535. The van der Waals surface area contributed by atoms with Crippen molar-refractivity contribution in [3.05, 3.63) is 41.9 Å². The number of carbonyl (C=O) groups is 2. The molecule has 140 valence electrons. The van der Waals surface area contributed by atoms with Crippen molar-refractivity contribution >= 4 is 46.7 Å². The van der Waals surface area contributed by atoms with Crippen molar-refractivity contribution in [2.75, 3.05) is 6.61 Å². The molecule has 0 fully saturated rings. The summed E-state index contributed by atoms with van der Waals surface area (Å²) in [6, 6.07) is 1.92. The Morgan fingerprint density at radius 2 is 2.15 bits per heavy atom. The maximum Gasteiger partial charge on any atom is 0.333 e. The molecule has 2 aromatic heterocycles. The van der Waals surface area contributed by atoms with Crippen LogP contribution in [-0.2, 0) is 20.9 Å². The summed E-state index contributed by atoms with van der Waals surface area (Å²) in [5.41, 5.74) is 0.614. The third kappa shape index (κ3) is 5.40. The van der Waals surface area contributed by atoms with Crippen LogP contribution >= 0.6 is 22.7 Å². The summed E-state index contributed by atoms with van der Waals surface area (Å²) < 4.78 is 7.11. The van der Waals surface area contributed by atoms with E-state index in [1.165, 1.54) is 33.3 Å². The Morgan fingerprint density at radius 3 is 2.77 bits per heavy atom. The van der Waals surface area contributed by atoms with Crippen LogP contribution < -0.4 is 20.1 Å². The molecule has 2 rings (SSSR count). The lowest BCUT2D eigenvalue weighted by Gasteiger charge is -2.11. The Balaban J connectivity index is 2.46. The van der Waals surface area contributed by atoms with Crippen LogP contribution in [-0.4, -0.2) is 29.1 Å². The molecule has 0 spiro atoms. The lowest BCUT2D eigenvalue weighted by molar-refractivity contribution is -0.135. The number of amides is 1.